The standard InChI is InChI=1S/C10H16N4O2/c1-3-8(10-11-4-5-12-10)14-9(16)6-13-7(2)15/h4-5,8H,3,6H2,1-2H3,(H,11,12)(H,13,15)(H,14,16). The molecule has 6 nitrogen and oxygen atoms in total. The summed E-state index contributed by atoms with van der Waals surface area (Å²) in [6, 6.07) is -0.142. The molecule has 0 saturated heterocycles. The molecule has 1 heterocycles. The van der Waals surface area contributed by atoms with Crippen LogP contribution < -0.4 is 10.6 Å². The van der Waals surface area contributed by atoms with E-state index < -0.39 is 0 Å². The van der Waals surface area contributed by atoms with Crippen LogP contribution in [0.1, 0.15) is 32.1 Å². The normalized spacial score (nSPS) is 11.9. The van der Waals surface area contributed by atoms with Crippen molar-refractivity contribution in [1.29, 1.82) is 0 Å². The minimum absolute atomic E-state index is 0.00740. The lowest BCUT2D eigenvalue weighted by atomic mass is 10.2. The van der Waals surface area contributed by atoms with E-state index in [4.69, 9.17) is 0 Å². The van der Waals surface area contributed by atoms with Crippen LogP contribution in [0.4, 0.5) is 0 Å². The van der Waals surface area contributed by atoms with Crippen LogP contribution in [0.25, 0.3) is 0 Å². The molecule has 88 valence electrons. The first-order valence-electron chi connectivity index (χ1n) is 5.16. The van der Waals surface area contributed by atoms with Crippen molar-refractivity contribution in [3.05, 3.63) is 18.2 Å². The Balaban J connectivity index is 2.45. The molecule has 1 aromatic heterocycles. The third-order valence-corrected chi connectivity index (χ3v) is 2.09. The molecule has 1 unspecified atom stereocenters. The quantitative estimate of drug-likeness (QED) is 0.663. The molecule has 0 spiro atoms. The highest BCUT2D eigenvalue weighted by Crippen LogP contribution is 2.10. The Labute approximate surface area is 93.8 Å². The Kier molecular flexibility index (Phi) is 4.50. The highest BCUT2D eigenvalue weighted by atomic mass is 16.2. The van der Waals surface area contributed by atoms with Crippen LogP contribution in [0.15, 0.2) is 12.4 Å². The maximum atomic E-state index is 11.4. The van der Waals surface area contributed by atoms with Crippen LogP contribution in [0.2, 0.25) is 0 Å². The lowest BCUT2D eigenvalue weighted by molar-refractivity contribution is -0.125. The van der Waals surface area contributed by atoms with Gasteiger partial charge in [-0.1, -0.05) is 6.92 Å². The van der Waals surface area contributed by atoms with Crippen molar-refractivity contribution in [3.63, 3.8) is 0 Å². The van der Waals surface area contributed by atoms with Gasteiger partial charge in [0.25, 0.3) is 0 Å². The highest BCUT2D eigenvalue weighted by molar-refractivity contribution is 5.83. The highest BCUT2D eigenvalue weighted by Gasteiger charge is 2.14. The number of nitrogens with one attached hydrogen (secondary N) is 3. The van der Waals surface area contributed by atoms with E-state index in [-0.39, 0.29) is 24.4 Å². The summed E-state index contributed by atoms with van der Waals surface area (Å²) in [6.45, 7) is 3.32. The predicted molar refractivity (Wildman–Crippen MR) is 58.4 cm³/mol. The van der Waals surface area contributed by atoms with Gasteiger partial charge in [-0.2, -0.15) is 0 Å². The minimum Gasteiger partial charge on any atom is -0.347 e. The van der Waals surface area contributed by atoms with Gasteiger partial charge in [-0.3, -0.25) is 9.59 Å². The molecule has 2 amide bonds. The number of hydrogen-bond acceptors (Lipinski definition) is 3. The zero-order valence-corrected chi connectivity index (χ0v) is 9.41. The molecule has 1 aromatic rings. The Morgan fingerprint density at radius 2 is 2.31 bits per heavy atom. The van der Waals surface area contributed by atoms with E-state index in [1.807, 2.05) is 6.92 Å². The second kappa shape index (κ2) is 5.89. The summed E-state index contributed by atoms with van der Waals surface area (Å²) < 4.78 is 0. The first kappa shape index (κ1) is 12.2. The molecule has 1 atom stereocenters. The zero-order valence-electron chi connectivity index (χ0n) is 9.41. The number of amides is 2. The maximum Gasteiger partial charge on any atom is 0.239 e. The Bertz CT molecular complexity index is 348. The molecule has 0 fully saturated rings. The lowest BCUT2D eigenvalue weighted by Crippen LogP contribution is -2.38. The molecular formula is C10H16N4O2. The van der Waals surface area contributed by atoms with E-state index in [0.29, 0.717) is 0 Å². The number of imidazole rings is 1. The molecule has 0 aromatic carbocycles. The van der Waals surface area contributed by atoms with Crippen molar-refractivity contribution in [3.8, 4) is 0 Å². The van der Waals surface area contributed by atoms with Gasteiger partial charge < -0.3 is 15.6 Å². The fourth-order valence-electron chi connectivity index (χ4n) is 1.28. The SMILES string of the molecule is CCC(NC(=O)CNC(C)=O)c1ncc[nH]1. The molecular weight excluding hydrogens is 208 g/mol. The number of carbonyl (C=O) groups excluding carboxylic acids is 2. The summed E-state index contributed by atoms with van der Waals surface area (Å²) in [4.78, 5) is 29.1. The average molecular weight is 224 g/mol. The largest absolute Gasteiger partial charge is 0.347 e. The summed E-state index contributed by atoms with van der Waals surface area (Å²) >= 11 is 0. The molecule has 0 aliphatic carbocycles. The van der Waals surface area contributed by atoms with E-state index in [9.17, 15) is 9.59 Å². The molecule has 0 aliphatic rings. The van der Waals surface area contributed by atoms with Gasteiger partial charge >= 0.3 is 0 Å². The van der Waals surface area contributed by atoms with Gasteiger partial charge in [0.05, 0.1) is 12.6 Å². The van der Waals surface area contributed by atoms with Gasteiger partial charge in [0, 0.05) is 19.3 Å². The summed E-state index contributed by atoms with van der Waals surface area (Å²) in [6.07, 6.45) is 4.08. The minimum atomic E-state index is -0.224. The predicted octanol–water partition coefficient (Wildman–Crippen LogP) is 0.113. The van der Waals surface area contributed by atoms with Crippen molar-refractivity contribution < 1.29 is 9.59 Å². The van der Waals surface area contributed by atoms with E-state index >= 15 is 0 Å². The van der Waals surface area contributed by atoms with E-state index in [2.05, 4.69) is 20.6 Å². The van der Waals surface area contributed by atoms with Crippen molar-refractivity contribution >= 4 is 11.8 Å². The Morgan fingerprint density at radius 3 is 2.81 bits per heavy atom. The van der Waals surface area contributed by atoms with Gasteiger partial charge in [0.2, 0.25) is 11.8 Å². The molecule has 0 radical (unpaired) electrons. The second-order valence-electron chi connectivity index (χ2n) is 3.41. The molecule has 0 bridgehead atoms. The van der Waals surface area contributed by atoms with Gasteiger partial charge in [-0.25, -0.2) is 4.98 Å². The number of hydrogen-bond donors (Lipinski definition) is 3. The Hall–Kier alpha value is -1.85. The van der Waals surface area contributed by atoms with Crippen molar-refractivity contribution in [2.24, 2.45) is 0 Å². The summed E-state index contributed by atoms with van der Waals surface area (Å²) in [5.74, 6) is 0.276. The summed E-state index contributed by atoms with van der Waals surface area (Å²) in [5, 5.41) is 5.22. The number of aromatic amines is 1. The average Bonchev–Trinajstić information content (AvgIpc) is 2.76. The number of aromatic nitrogens is 2. The topological polar surface area (TPSA) is 86.9 Å². The fourth-order valence-corrected chi connectivity index (χ4v) is 1.28. The zero-order chi connectivity index (χ0) is 12.0. The maximum absolute atomic E-state index is 11.4. The lowest BCUT2D eigenvalue weighted by Gasteiger charge is -2.14. The van der Waals surface area contributed by atoms with Gasteiger partial charge in [-0.15, -0.1) is 0 Å². The van der Waals surface area contributed by atoms with Crippen LogP contribution in [0.3, 0.4) is 0 Å². The first-order valence-corrected chi connectivity index (χ1v) is 5.16. The molecule has 3 N–H and O–H groups in total. The summed E-state index contributed by atoms with van der Waals surface area (Å²) in [5.41, 5.74) is 0. The number of rotatable bonds is 5. The monoisotopic (exact) mass is 224 g/mol. The number of H-pyrrole nitrogens is 1. The van der Waals surface area contributed by atoms with Crippen LogP contribution in [0.5, 0.6) is 0 Å². The van der Waals surface area contributed by atoms with Crippen molar-refractivity contribution in [2.45, 2.75) is 26.3 Å². The van der Waals surface area contributed by atoms with Crippen molar-refractivity contribution in [2.75, 3.05) is 6.54 Å². The molecule has 0 aliphatic heterocycles. The number of nitrogens with zero attached hydrogens (tertiary/aromatic N) is 1. The van der Waals surface area contributed by atoms with Crippen LogP contribution in [-0.2, 0) is 9.59 Å². The number of carbonyl (C=O) groups is 2. The molecule has 1 rings (SSSR count). The fraction of sp³-hybridized carbons (Fsp3) is 0.500. The Morgan fingerprint density at radius 1 is 1.56 bits per heavy atom. The van der Waals surface area contributed by atoms with Crippen LogP contribution >= 0.6 is 0 Å². The second-order valence-corrected chi connectivity index (χ2v) is 3.41. The van der Waals surface area contributed by atoms with Gasteiger partial charge in [0.15, 0.2) is 0 Å². The van der Waals surface area contributed by atoms with E-state index in [0.717, 1.165) is 12.2 Å². The van der Waals surface area contributed by atoms with Gasteiger partial charge in [-0.05, 0) is 6.42 Å². The van der Waals surface area contributed by atoms with E-state index in [1.54, 1.807) is 12.4 Å². The smallest absolute Gasteiger partial charge is 0.239 e. The third kappa shape index (κ3) is 3.72. The molecule has 0 saturated carbocycles. The van der Waals surface area contributed by atoms with E-state index in [1.165, 1.54) is 6.92 Å². The van der Waals surface area contributed by atoms with Crippen LogP contribution in [-0.4, -0.2) is 28.3 Å². The summed E-state index contributed by atoms with van der Waals surface area (Å²) in [7, 11) is 0. The van der Waals surface area contributed by atoms with Crippen molar-refractivity contribution in [1.82, 2.24) is 20.6 Å². The molecule has 16 heavy (non-hydrogen) atoms. The third-order valence-electron chi connectivity index (χ3n) is 2.09. The molecule has 6 heteroatoms. The van der Waals surface area contributed by atoms with Crippen LogP contribution in [0, 0.1) is 0 Å². The first-order chi connectivity index (χ1) is 7.63. The van der Waals surface area contributed by atoms with Gasteiger partial charge in [0.1, 0.15) is 5.82 Å².